The van der Waals surface area contributed by atoms with Gasteiger partial charge in [0.25, 0.3) is 0 Å². The third-order valence-electron chi connectivity index (χ3n) is 3.32. The number of methoxy groups -OCH3 is 2. The van der Waals surface area contributed by atoms with E-state index in [0.717, 1.165) is 11.3 Å². The maximum absolute atomic E-state index is 11.8. The van der Waals surface area contributed by atoms with E-state index in [0.29, 0.717) is 31.1 Å². The van der Waals surface area contributed by atoms with Gasteiger partial charge in [0, 0.05) is 31.6 Å². The summed E-state index contributed by atoms with van der Waals surface area (Å²) in [5, 5.41) is 2.85. The first-order valence-corrected chi connectivity index (χ1v) is 7.49. The number of hydrogen-bond acceptors (Lipinski definition) is 5. The minimum atomic E-state index is -0.0428. The molecule has 0 saturated carbocycles. The van der Waals surface area contributed by atoms with Crippen molar-refractivity contribution in [3.63, 3.8) is 0 Å². The van der Waals surface area contributed by atoms with E-state index < -0.39 is 0 Å². The Morgan fingerprint density at radius 2 is 2.04 bits per heavy atom. The Bertz CT molecular complexity index is 622. The summed E-state index contributed by atoms with van der Waals surface area (Å²) < 4.78 is 15.8. The molecule has 0 aliphatic heterocycles. The van der Waals surface area contributed by atoms with E-state index in [4.69, 9.17) is 13.9 Å². The Morgan fingerprint density at radius 3 is 2.70 bits per heavy atom. The fourth-order valence-electron chi connectivity index (χ4n) is 2.17. The number of ether oxygens (including phenoxy) is 2. The van der Waals surface area contributed by atoms with E-state index in [1.54, 1.807) is 20.4 Å². The number of aryl methyl sites for hydroxylation is 1. The molecular formula is C17H22N2O4. The summed E-state index contributed by atoms with van der Waals surface area (Å²) in [6, 6.07) is 7.53. The molecule has 2 aromatic rings. The molecule has 0 spiro atoms. The average Bonchev–Trinajstić information content (AvgIpc) is 3.02. The molecule has 0 aliphatic carbocycles. The van der Waals surface area contributed by atoms with Gasteiger partial charge in [0.15, 0.2) is 11.7 Å². The van der Waals surface area contributed by atoms with Crippen molar-refractivity contribution in [2.24, 2.45) is 0 Å². The summed E-state index contributed by atoms with van der Waals surface area (Å²) in [6.45, 7) is 2.39. The Labute approximate surface area is 135 Å². The van der Waals surface area contributed by atoms with Crippen LogP contribution in [-0.4, -0.2) is 37.8 Å². The summed E-state index contributed by atoms with van der Waals surface area (Å²) in [7, 11) is 3.23. The van der Waals surface area contributed by atoms with Crippen LogP contribution in [0.2, 0.25) is 0 Å². The predicted molar refractivity (Wildman–Crippen MR) is 86.3 cm³/mol. The molecule has 1 amide bonds. The minimum absolute atomic E-state index is 0.00748. The number of carbonyl (C=O) groups excluding carboxylic acids is 1. The van der Waals surface area contributed by atoms with E-state index >= 15 is 0 Å². The lowest BCUT2D eigenvalue weighted by Gasteiger charge is -2.11. The number of carbonyl (C=O) groups is 1. The highest BCUT2D eigenvalue weighted by atomic mass is 16.5. The smallest absolute Gasteiger partial charge is 0.220 e. The number of amides is 1. The van der Waals surface area contributed by atoms with E-state index in [1.165, 1.54) is 0 Å². The first-order valence-electron chi connectivity index (χ1n) is 7.49. The standard InChI is InChI=1S/C17H22N2O4/c1-12(11-21-2)19-16(20)8-9-17-18-10-15(23-17)13-4-6-14(22-3)7-5-13/h4-7,10,12H,8-9,11H2,1-3H3,(H,19,20)/t12-/m1/s1. The van der Waals surface area contributed by atoms with Crippen LogP contribution in [0.5, 0.6) is 5.75 Å². The van der Waals surface area contributed by atoms with Gasteiger partial charge < -0.3 is 19.2 Å². The molecule has 0 radical (unpaired) electrons. The largest absolute Gasteiger partial charge is 0.497 e. The van der Waals surface area contributed by atoms with E-state index in [9.17, 15) is 4.79 Å². The van der Waals surface area contributed by atoms with Crippen molar-refractivity contribution in [2.75, 3.05) is 20.8 Å². The SMILES string of the molecule is COC[C@@H](C)NC(=O)CCc1ncc(-c2ccc(OC)cc2)o1. The molecule has 1 aromatic heterocycles. The second-order valence-electron chi connectivity index (χ2n) is 5.27. The molecule has 124 valence electrons. The topological polar surface area (TPSA) is 73.6 Å². The second kappa shape index (κ2) is 8.33. The molecule has 0 bridgehead atoms. The van der Waals surface area contributed by atoms with Crippen molar-refractivity contribution in [2.45, 2.75) is 25.8 Å². The first kappa shape index (κ1) is 17.0. The molecule has 0 fully saturated rings. The number of nitrogens with one attached hydrogen (secondary N) is 1. The maximum atomic E-state index is 11.8. The summed E-state index contributed by atoms with van der Waals surface area (Å²) in [6.07, 6.45) is 2.46. The molecule has 1 heterocycles. The van der Waals surface area contributed by atoms with Gasteiger partial charge in [-0.2, -0.15) is 0 Å². The van der Waals surface area contributed by atoms with Gasteiger partial charge in [-0.1, -0.05) is 0 Å². The van der Waals surface area contributed by atoms with Crippen LogP contribution in [0.4, 0.5) is 0 Å². The van der Waals surface area contributed by atoms with Crippen LogP contribution in [0.1, 0.15) is 19.2 Å². The number of oxazole rings is 1. The highest BCUT2D eigenvalue weighted by Gasteiger charge is 2.11. The monoisotopic (exact) mass is 318 g/mol. The summed E-state index contributed by atoms with van der Waals surface area (Å²) in [4.78, 5) is 16.0. The Hall–Kier alpha value is -2.34. The molecule has 0 saturated heterocycles. The lowest BCUT2D eigenvalue weighted by Crippen LogP contribution is -2.35. The van der Waals surface area contributed by atoms with Crippen LogP contribution in [0.15, 0.2) is 34.9 Å². The highest BCUT2D eigenvalue weighted by molar-refractivity contribution is 5.76. The maximum Gasteiger partial charge on any atom is 0.220 e. The fourth-order valence-corrected chi connectivity index (χ4v) is 2.17. The van der Waals surface area contributed by atoms with Crippen LogP contribution in [0, 0.1) is 0 Å². The van der Waals surface area contributed by atoms with Crippen molar-refractivity contribution in [3.8, 4) is 17.1 Å². The average molecular weight is 318 g/mol. The zero-order valence-corrected chi connectivity index (χ0v) is 13.7. The van der Waals surface area contributed by atoms with Crippen molar-refractivity contribution >= 4 is 5.91 Å². The van der Waals surface area contributed by atoms with Crippen LogP contribution in [0.3, 0.4) is 0 Å². The van der Waals surface area contributed by atoms with Gasteiger partial charge in [0.05, 0.1) is 19.9 Å². The predicted octanol–water partition coefficient (Wildman–Crippen LogP) is 2.43. The molecule has 23 heavy (non-hydrogen) atoms. The third kappa shape index (κ3) is 5.10. The van der Waals surface area contributed by atoms with E-state index in [1.807, 2.05) is 31.2 Å². The van der Waals surface area contributed by atoms with Crippen LogP contribution >= 0.6 is 0 Å². The van der Waals surface area contributed by atoms with Crippen LogP contribution in [-0.2, 0) is 16.0 Å². The molecule has 6 heteroatoms. The van der Waals surface area contributed by atoms with Crippen molar-refractivity contribution in [3.05, 3.63) is 36.4 Å². The highest BCUT2D eigenvalue weighted by Crippen LogP contribution is 2.23. The normalized spacial score (nSPS) is 12.0. The van der Waals surface area contributed by atoms with Crippen molar-refractivity contribution < 1.29 is 18.7 Å². The fraction of sp³-hybridized carbons (Fsp3) is 0.412. The molecule has 6 nitrogen and oxygen atoms in total. The molecule has 0 aliphatic rings. The number of aromatic nitrogens is 1. The van der Waals surface area contributed by atoms with Gasteiger partial charge in [-0.15, -0.1) is 0 Å². The van der Waals surface area contributed by atoms with Gasteiger partial charge in [-0.25, -0.2) is 4.98 Å². The summed E-state index contributed by atoms with van der Waals surface area (Å²) in [5.74, 6) is 1.97. The third-order valence-corrected chi connectivity index (χ3v) is 3.32. The van der Waals surface area contributed by atoms with Gasteiger partial charge in [-0.3, -0.25) is 4.79 Å². The van der Waals surface area contributed by atoms with Gasteiger partial charge in [0.1, 0.15) is 5.75 Å². The molecule has 1 aromatic carbocycles. The number of nitrogens with zero attached hydrogens (tertiary/aromatic N) is 1. The van der Waals surface area contributed by atoms with Gasteiger partial charge >= 0.3 is 0 Å². The van der Waals surface area contributed by atoms with Crippen molar-refractivity contribution in [1.29, 1.82) is 0 Å². The first-order chi connectivity index (χ1) is 11.1. The number of hydrogen-bond donors (Lipinski definition) is 1. The Morgan fingerprint density at radius 1 is 1.30 bits per heavy atom. The van der Waals surface area contributed by atoms with Gasteiger partial charge in [-0.05, 0) is 31.2 Å². The molecular weight excluding hydrogens is 296 g/mol. The molecule has 0 unspecified atom stereocenters. The van der Waals surface area contributed by atoms with Crippen LogP contribution in [0.25, 0.3) is 11.3 Å². The number of rotatable bonds is 8. The Balaban J connectivity index is 1.88. The summed E-state index contributed by atoms with van der Waals surface area (Å²) in [5.41, 5.74) is 0.919. The van der Waals surface area contributed by atoms with Gasteiger partial charge in [0.2, 0.25) is 5.91 Å². The van der Waals surface area contributed by atoms with Crippen LogP contribution < -0.4 is 10.1 Å². The van der Waals surface area contributed by atoms with Crippen molar-refractivity contribution in [1.82, 2.24) is 10.3 Å². The zero-order valence-electron chi connectivity index (χ0n) is 13.7. The lowest BCUT2D eigenvalue weighted by atomic mass is 10.2. The minimum Gasteiger partial charge on any atom is -0.497 e. The molecule has 2 rings (SSSR count). The summed E-state index contributed by atoms with van der Waals surface area (Å²) >= 11 is 0. The molecule has 1 atom stereocenters. The number of benzene rings is 1. The quantitative estimate of drug-likeness (QED) is 0.809. The lowest BCUT2D eigenvalue weighted by molar-refractivity contribution is -0.122. The van der Waals surface area contributed by atoms with E-state index in [2.05, 4.69) is 10.3 Å². The van der Waals surface area contributed by atoms with E-state index in [-0.39, 0.29) is 11.9 Å². The second-order valence-corrected chi connectivity index (χ2v) is 5.27. The zero-order chi connectivity index (χ0) is 16.7. The molecule has 1 N–H and O–H groups in total. The Kier molecular flexibility index (Phi) is 6.17.